The van der Waals surface area contributed by atoms with Gasteiger partial charge in [-0.15, -0.1) is 0 Å². The number of ether oxygens (including phenoxy) is 4. The summed E-state index contributed by atoms with van der Waals surface area (Å²) in [4.78, 5) is 2.63. The van der Waals surface area contributed by atoms with Crippen molar-refractivity contribution in [3.63, 3.8) is 0 Å². The minimum atomic E-state index is -0.375. The smallest absolute Gasteiger partial charge is 0.165 e. The molecular formula is C28H36N2O5. The summed E-state index contributed by atoms with van der Waals surface area (Å²) in [5, 5.41) is 4.09. The summed E-state index contributed by atoms with van der Waals surface area (Å²) in [6.45, 7) is 6.18. The van der Waals surface area contributed by atoms with Gasteiger partial charge in [-0.2, -0.15) is 0 Å². The summed E-state index contributed by atoms with van der Waals surface area (Å²) >= 11 is 0. The van der Waals surface area contributed by atoms with Crippen molar-refractivity contribution in [1.29, 1.82) is 0 Å². The van der Waals surface area contributed by atoms with E-state index in [4.69, 9.17) is 23.5 Å². The number of hydrogen-bond acceptors (Lipinski definition) is 7. The lowest BCUT2D eigenvalue weighted by Crippen LogP contribution is -2.81. The number of nitrogens with zero attached hydrogens (tertiary/aromatic N) is 2. The Hall–Kier alpha value is -2.09. The zero-order valence-corrected chi connectivity index (χ0v) is 21.5. The molecule has 35 heavy (non-hydrogen) atoms. The number of aryl methyl sites for hydroxylation is 2. The van der Waals surface area contributed by atoms with Crippen molar-refractivity contribution < 1.29 is 23.5 Å². The Bertz CT molecular complexity index is 1170. The van der Waals surface area contributed by atoms with E-state index in [0.717, 1.165) is 60.7 Å². The van der Waals surface area contributed by atoms with Crippen LogP contribution in [0.4, 0.5) is 0 Å². The first-order chi connectivity index (χ1) is 16.9. The second-order valence-electron chi connectivity index (χ2n) is 11.6. The summed E-state index contributed by atoms with van der Waals surface area (Å²) < 4.78 is 31.2. The van der Waals surface area contributed by atoms with Crippen LogP contribution in [0, 0.1) is 25.2 Å². The normalized spacial score (nSPS) is 38.4. The van der Waals surface area contributed by atoms with Gasteiger partial charge in [-0.3, -0.25) is 0 Å². The molecule has 2 aliphatic heterocycles. The highest BCUT2D eigenvalue weighted by Crippen LogP contribution is 2.76. The molecule has 2 spiro atoms. The van der Waals surface area contributed by atoms with E-state index in [9.17, 15) is 0 Å². The first-order valence-electron chi connectivity index (χ1n) is 13.0. The Labute approximate surface area is 207 Å². The highest BCUT2D eigenvalue weighted by molar-refractivity contribution is 5.63. The molecule has 0 amide bonds. The lowest BCUT2D eigenvalue weighted by atomic mass is 9.35. The Morgan fingerprint density at radius 1 is 1.17 bits per heavy atom. The second kappa shape index (κ2) is 7.24. The van der Waals surface area contributed by atoms with Gasteiger partial charge in [0.25, 0.3) is 0 Å². The number of aromatic nitrogens is 1. The van der Waals surface area contributed by atoms with Gasteiger partial charge in [0.15, 0.2) is 11.5 Å². The van der Waals surface area contributed by atoms with E-state index >= 15 is 0 Å². The molecule has 4 bridgehead atoms. The standard InChI is InChI=1S/C28H36N2O5/c1-16-20(17(2)35-29-16)15-33-14-19-13-26-8-9-28(19,32-5)25-27(26)10-11-30(3)22(26)12-18-6-7-21(31-4)24(34-25)23(18)27/h6-7,19,22,25H,8-15H2,1-5H3/t19-,22-,25-,26?,27?,28?/m1/s1. The molecule has 7 heteroatoms. The zero-order valence-electron chi connectivity index (χ0n) is 21.5. The van der Waals surface area contributed by atoms with E-state index in [0.29, 0.717) is 19.3 Å². The molecule has 3 unspecified atom stereocenters. The van der Waals surface area contributed by atoms with Crippen LogP contribution >= 0.6 is 0 Å². The highest BCUT2D eigenvalue weighted by atomic mass is 16.6. The van der Waals surface area contributed by atoms with Crippen LogP contribution in [0.5, 0.6) is 11.5 Å². The number of piperidine rings is 1. The van der Waals surface area contributed by atoms with Crippen molar-refractivity contribution >= 4 is 0 Å². The van der Waals surface area contributed by atoms with Crippen molar-refractivity contribution in [2.75, 3.05) is 34.4 Å². The van der Waals surface area contributed by atoms with Gasteiger partial charge in [0.2, 0.25) is 0 Å². The molecule has 7 nitrogen and oxygen atoms in total. The number of benzene rings is 1. The fraction of sp³-hybridized carbons (Fsp3) is 0.679. The van der Waals surface area contributed by atoms with Crippen molar-refractivity contribution in [2.24, 2.45) is 11.3 Å². The molecule has 0 radical (unpaired) electrons. The molecular weight excluding hydrogens is 444 g/mol. The molecule has 4 aliphatic carbocycles. The first-order valence-corrected chi connectivity index (χ1v) is 13.0. The van der Waals surface area contributed by atoms with Crippen molar-refractivity contribution in [3.8, 4) is 11.5 Å². The molecule has 6 aliphatic rings. The van der Waals surface area contributed by atoms with Gasteiger partial charge in [0, 0.05) is 41.0 Å². The van der Waals surface area contributed by atoms with E-state index < -0.39 is 0 Å². The van der Waals surface area contributed by atoms with Crippen molar-refractivity contribution in [1.82, 2.24) is 10.1 Å². The number of fused-ring (bicyclic) bond motifs is 2. The van der Waals surface area contributed by atoms with E-state index in [-0.39, 0.29) is 28.5 Å². The number of hydrogen-bond donors (Lipinski definition) is 0. The Morgan fingerprint density at radius 3 is 2.77 bits per heavy atom. The molecule has 3 saturated carbocycles. The minimum Gasteiger partial charge on any atom is -0.493 e. The highest BCUT2D eigenvalue weighted by Gasteiger charge is 2.80. The van der Waals surface area contributed by atoms with Gasteiger partial charge in [0.1, 0.15) is 17.5 Å². The molecule has 2 aromatic rings. The number of likely N-dealkylation sites (N-methyl/N-ethyl adjacent to an activating group) is 1. The van der Waals surface area contributed by atoms with Gasteiger partial charge in [-0.05, 0) is 71.2 Å². The first kappa shape index (κ1) is 22.1. The molecule has 1 aromatic heterocycles. The number of methoxy groups -OCH3 is 2. The van der Waals surface area contributed by atoms with Crippen LogP contribution in [-0.2, 0) is 27.9 Å². The van der Waals surface area contributed by atoms with Crippen LogP contribution in [0.2, 0.25) is 0 Å². The molecule has 6 atom stereocenters. The molecule has 4 fully saturated rings. The predicted octanol–water partition coefficient (Wildman–Crippen LogP) is 3.96. The van der Waals surface area contributed by atoms with E-state index in [1.165, 1.54) is 17.5 Å². The van der Waals surface area contributed by atoms with Crippen molar-refractivity contribution in [2.45, 2.75) is 75.7 Å². The average molecular weight is 481 g/mol. The van der Waals surface area contributed by atoms with Gasteiger partial charge in [0.05, 0.1) is 26.0 Å². The zero-order chi connectivity index (χ0) is 24.2. The van der Waals surface area contributed by atoms with Crippen molar-refractivity contribution in [3.05, 3.63) is 40.3 Å². The second-order valence-corrected chi connectivity index (χ2v) is 11.6. The largest absolute Gasteiger partial charge is 0.493 e. The predicted molar refractivity (Wildman–Crippen MR) is 129 cm³/mol. The molecule has 188 valence electrons. The third-order valence-corrected chi connectivity index (χ3v) is 10.7. The van der Waals surface area contributed by atoms with E-state index in [1.54, 1.807) is 7.11 Å². The molecule has 0 N–H and O–H groups in total. The number of rotatable bonds is 6. The van der Waals surface area contributed by atoms with Gasteiger partial charge < -0.3 is 28.4 Å². The molecule has 1 saturated heterocycles. The lowest BCUT2D eigenvalue weighted by Gasteiger charge is -2.73. The topological polar surface area (TPSA) is 66.2 Å². The van der Waals surface area contributed by atoms with Crippen LogP contribution in [0.3, 0.4) is 0 Å². The quantitative estimate of drug-likeness (QED) is 0.620. The van der Waals surface area contributed by atoms with E-state index in [1.807, 2.05) is 21.0 Å². The third-order valence-electron chi connectivity index (χ3n) is 10.7. The molecule has 8 rings (SSSR count). The average Bonchev–Trinajstić information content (AvgIpc) is 3.39. The maximum Gasteiger partial charge on any atom is 0.165 e. The Morgan fingerprint density at radius 2 is 2.03 bits per heavy atom. The fourth-order valence-electron chi connectivity index (χ4n) is 9.19. The maximum absolute atomic E-state index is 7.03. The fourth-order valence-corrected chi connectivity index (χ4v) is 9.19. The van der Waals surface area contributed by atoms with Crippen LogP contribution in [-0.4, -0.2) is 62.2 Å². The van der Waals surface area contributed by atoms with Gasteiger partial charge in [-0.25, -0.2) is 0 Å². The maximum atomic E-state index is 7.03. The van der Waals surface area contributed by atoms with Crippen LogP contribution in [0.1, 0.15) is 53.8 Å². The summed E-state index contributed by atoms with van der Waals surface area (Å²) in [7, 11) is 5.96. The van der Waals surface area contributed by atoms with E-state index in [2.05, 4.69) is 29.2 Å². The van der Waals surface area contributed by atoms with Crippen LogP contribution < -0.4 is 9.47 Å². The Balaban J connectivity index is 1.32. The third kappa shape index (κ3) is 2.45. The molecule has 1 aromatic carbocycles. The monoisotopic (exact) mass is 480 g/mol. The van der Waals surface area contributed by atoms with Gasteiger partial charge >= 0.3 is 0 Å². The summed E-state index contributed by atoms with van der Waals surface area (Å²) in [5.41, 5.74) is 4.60. The van der Waals surface area contributed by atoms with Crippen LogP contribution in [0.15, 0.2) is 16.7 Å². The minimum absolute atomic E-state index is 0.0169. The summed E-state index contributed by atoms with van der Waals surface area (Å²) in [5.74, 6) is 2.93. The number of likely N-dealkylation sites (tertiary alicyclic amines) is 1. The summed E-state index contributed by atoms with van der Waals surface area (Å²) in [6.07, 6.45) is 5.45. The SMILES string of the molecule is COc1ccc2c3c1O[C@H]1C4(OC)CCC5(C[C@@H]4COCc4c(C)noc4C)[C@@H](C2)N(C)CCC315. The van der Waals surface area contributed by atoms with Gasteiger partial charge in [-0.1, -0.05) is 11.2 Å². The summed E-state index contributed by atoms with van der Waals surface area (Å²) in [6, 6.07) is 4.90. The van der Waals surface area contributed by atoms with Crippen LogP contribution in [0.25, 0.3) is 0 Å². The lowest BCUT2D eigenvalue weighted by molar-refractivity contribution is -0.282. The molecule has 3 heterocycles. The Kier molecular flexibility index (Phi) is 4.58.